The zero-order chi connectivity index (χ0) is 12.7. The quantitative estimate of drug-likeness (QED) is 0.608. The van der Waals surface area contributed by atoms with Crippen molar-refractivity contribution in [3.05, 3.63) is 35.1 Å². The first-order chi connectivity index (χ1) is 8.13. The van der Waals surface area contributed by atoms with E-state index in [-0.39, 0.29) is 5.82 Å². The van der Waals surface area contributed by atoms with Crippen molar-refractivity contribution in [2.75, 3.05) is 13.1 Å². The van der Waals surface area contributed by atoms with Gasteiger partial charge in [-0.2, -0.15) is 0 Å². The number of benzene rings is 1. The number of hydrogen-bond donors (Lipinski definition) is 2. The predicted octanol–water partition coefficient (Wildman–Crippen LogP) is 1.99. The van der Waals surface area contributed by atoms with Gasteiger partial charge in [0.25, 0.3) is 0 Å². The number of nitrogens with two attached hydrogens (primary N) is 1. The van der Waals surface area contributed by atoms with E-state index in [2.05, 4.69) is 17.2 Å². The van der Waals surface area contributed by atoms with E-state index in [9.17, 15) is 4.39 Å². The third-order valence-corrected chi connectivity index (χ3v) is 2.51. The summed E-state index contributed by atoms with van der Waals surface area (Å²) in [5.74, 6) is 0.287. The first-order valence-corrected chi connectivity index (χ1v) is 5.92. The van der Waals surface area contributed by atoms with Gasteiger partial charge in [-0.3, -0.25) is 4.99 Å². The van der Waals surface area contributed by atoms with E-state index in [0.717, 1.165) is 30.5 Å². The number of rotatable bonds is 5. The Morgan fingerprint density at radius 2 is 2.24 bits per heavy atom. The van der Waals surface area contributed by atoms with Crippen molar-refractivity contribution in [3.8, 4) is 0 Å². The Hall–Kier alpha value is -1.58. The van der Waals surface area contributed by atoms with Gasteiger partial charge in [0, 0.05) is 13.1 Å². The molecule has 17 heavy (non-hydrogen) atoms. The minimum atomic E-state index is -0.191. The number of hydrogen-bond acceptors (Lipinski definition) is 1. The first-order valence-electron chi connectivity index (χ1n) is 5.92. The number of guanidine groups is 1. The Morgan fingerprint density at radius 3 is 2.88 bits per heavy atom. The molecule has 0 spiro atoms. The third-order valence-electron chi connectivity index (χ3n) is 2.51. The second-order valence-corrected chi connectivity index (χ2v) is 4.01. The lowest BCUT2D eigenvalue weighted by atomic mass is 10.1. The highest BCUT2D eigenvalue weighted by Crippen LogP contribution is 2.10. The standard InChI is InChI=1S/C13H20FN3/c1-3-7-16-13(15)17-8-6-11-4-5-12(14)9-10(11)2/h4-5,9H,3,6-8H2,1-2H3,(H3,15,16,17). The monoisotopic (exact) mass is 237 g/mol. The van der Waals surface area contributed by atoms with Crippen LogP contribution >= 0.6 is 0 Å². The van der Waals surface area contributed by atoms with Gasteiger partial charge in [-0.25, -0.2) is 4.39 Å². The zero-order valence-corrected chi connectivity index (χ0v) is 10.5. The van der Waals surface area contributed by atoms with Crippen molar-refractivity contribution < 1.29 is 4.39 Å². The molecule has 3 N–H and O–H groups in total. The maximum absolute atomic E-state index is 12.9. The molecule has 0 unspecified atom stereocenters. The Balaban J connectivity index is 2.40. The smallest absolute Gasteiger partial charge is 0.188 e. The average Bonchev–Trinajstić information content (AvgIpc) is 2.29. The summed E-state index contributed by atoms with van der Waals surface area (Å²) in [6, 6.07) is 4.84. The van der Waals surface area contributed by atoms with Gasteiger partial charge in [0.1, 0.15) is 5.82 Å². The number of nitrogens with one attached hydrogen (secondary N) is 1. The summed E-state index contributed by atoms with van der Waals surface area (Å²) in [6.45, 7) is 5.42. The van der Waals surface area contributed by atoms with Crippen LogP contribution in [0.2, 0.25) is 0 Å². The van der Waals surface area contributed by atoms with E-state index in [1.54, 1.807) is 6.07 Å². The Labute approximate surface area is 102 Å². The summed E-state index contributed by atoms with van der Waals surface area (Å²) in [4.78, 5) is 4.13. The van der Waals surface area contributed by atoms with Crippen molar-refractivity contribution in [1.82, 2.24) is 5.32 Å². The summed E-state index contributed by atoms with van der Waals surface area (Å²) < 4.78 is 12.9. The molecule has 0 amide bonds. The average molecular weight is 237 g/mol. The zero-order valence-electron chi connectivity index (χ0n) is 10.5. The molecule has 0 aliphatic heterocycles. The number of aryl methyl sites for hydroxylation is 1. The van der Waals surface area contributed by atoms with Crippen LogP contribution in [0.1, 0.15) is 24.5 Å². The maximum atomic E-state index is 12.9. The van der Waals surface area contributed by atoms with E-state index in [0.29, 0.717) is 12.5 Å². The Morgan fingerprint density at radius 1 is 1.47 bits per heavy atom. The fourth-order valence-electron chi connectivity index (χ4n) is 1.55. The molecule has 94 valence electrons. The SMILES string of the molecule is CCCN=C(N)NCCc1ccc(F)cc1C. The van der Waals surface area contributed by atoms with Crippen LogP contribution in [0, 0.1) is 12.7 Å². The molecule has 0 radical (unpaired) electrons. The van der Waals surface area contributed by atoms with Gasteiger partial charge in [-0.05, 0) is 43.0 Å². The van der Waals surface area contributed by atoms with Crippen LogP contribution in [0.25, 0.3) is 0 Å². The molecule has 3 nitrogen and oxygen atoms in total. The molecule has 0 heterocycles. The van der Waals surface area contributed by atoms with E-state index in [1.165, 1.54) is 6.07 Å². The highest BCUT2D eigenvalue weighted by Gasteiger charge is 2.00. The molecule has 0 atom stereocenters. The molecular formula is C13H20FN3. The molecule has 4 heteroatoms. The molecule has 0 aliphatic rings. The lowest BCUT2D eigenvalue weighted by Crippen LogP contribution is -2.33. The van der Waals surface area contributed by atoms with E-state index < -0.39 is 0 Å². The lowest BCUT2D eigenvalue weighted by molar-refractivity contribution is 0.625. The molecule has 0 fully saturated rings. The lowest BCUT2D eigenvalue weighted by Gasteiger charge is -2.08. The predicted molar refractivity (Wildman–Crippen MR) is 69.6 cm³/mol. The maximum Gasteiger partial charge on any atom is 0.188 e. The van der Waals surface area contributed by atoms with Crippen LogP contribution in [-0.2, 0) is 6.42 Å². The molecule has 0 aliphatic carbocycles. The fourth-order valence-corrected chi connectivity index (χ4v) is 1.55. The third kappa shape index (κ3) is 4.85. The second-order valence-electron chi connectivity index (χ2n) is 4.01. The molecule has 0 bridgehead atoms. The van der Waals surface area contributed by atoms with Crippen LogP contribution in [0.4, 0.5) is 4.39 Å². The van der Waals surface area contributed by atoms with Crippen molar-refractivity contribution >= 4 is 5.96 Å². The summed E-state index contributed by atoms with van der Waals surface area (Å²) in [5, 5.41) is 3.04. The van der Waals surface area contributed by atoms with Gasteiger partial charge >= 0.3 is 0 Å². The molecular weight excluding hydrogens is 217 g/mol. The number of halogens is 1. The summed E-state index contributed by atoms with van der Waals surface area (Å²) in [7, 11) is 0. The van der Waals surface area contributed by atoms with E-state index in [1.807, 2.05) is 13.0 Å². The first kappa shape index (κ1) is 13.5. The highest BCUT2D eigenvalue weighted by molar-refractivity contribution is 5.77. The van der Waals surface area contributed by atoms with Gasteiger partial charge < -0.3 is 11.1 Å². The van der Waals surface area contributed by atoms with Crippen molar-refractivity contribution in [2.45, 2.75) is 26.7 Å². The Kier molecular flexibility index (Phi) is 5.46. The van der Waals surface area contributed by atoms with Gasteiger partial charge in [-0.15, -0.1) is 0 Å². The summed E-state index contributed by atoms with van der Waals surface area (Å²) >= 11 is 0. The Bertz CT molecular complexity index is 388. The van der Waals surface area contributed by atoms with Crippen LogP contribution in [0.15, 0.2) is 23.2 Å². The van der Waals surface area contributed by atoms with Crippen molar-refractivity contribution in [3.63, 3.8) is 0 Å². The largest absolute Gasteiger partial charge is 0.370 e. The topological polar surface area (TPSA) is 50.4 Å². The van der Waals surface area contributed by atoms with Gasteiger partial charge in [0.05, 0.1) is 0 Å². The molecule has 0 aromatic heterocycles. The van der Waals surface area contributed by atoms with Crippen molar-refractivity contribution in [1.29, 1.82) is 0 Å². The van der Waals surface area contributed by atoms with E-state index >= 15 is 0 Å². The highest BCUT2D eigenvalue weighted by atomic mass is 19.1. The van der Waals surface area contributed by atoms with Gasteiger partial charge in [0.2, 0.25) is 0 Å². The van der Waals surface area contributed by atoms with Crippen LogP contribution in [0.5, 0.6) is 0 Å². The molecule has 1 rings (SSSR count). The fraction of sp³-hybridized carbons (Fsp3) is 0.462. The van der Waals surface area contributed by atoms with E-state index in [4.69, 9.17) is 5.73 Å². The summed E-state index contributed by atoms with van der Waals surface area (Å²) in [5.41, 5.74) is 7.76. The van der Waals surface area contributed by atoms with Crippen LogP contribution < -0.4 is 11.1 Å². The van der Waals surface area contributed by atoms with Gasteiger partial charge in [-0.1, -0.05) is 13.0 Å². The normalized spacial score (nSPS) is 11.6. The van der Waals surface area contributed by atoms with Crippen molar-refractivity contribution in [2.24, 2.45) is 10.7 Å². The van der Waals surface area contributed by atoms with Crippen LogP contribution in [-0.4, -0.2) is 19.0 Å². The second kappa shape index (κ2) is 6.89. The molecule has 1 aromatic carbocycles. The minimum Gasteiger partial charge on any atom is -0.370 e. The van der Waals surface area contributed by atoms with Gasteiger partial charge in [0.15, 0.2) is 5.96 Å². The van der Waals surface area contributed by atoms with Crippen LogP contribution in [0.3, 0.4) is 0 Å². The minimum absolute atomic E-state index is 0.191. The molecule has 1 aromatic rings. The molecule has 0 saturated heterocycles. The summed E-state index contributed by atoms with van der Waals surface area (Å²) in [6.07, 6.45) is 1.80. The number of aliphatic imine (C=N–C) groups is 1. The molecule has 0 saturated carbocycles. The number of nitrogens with zero attached hydrogens (tertiary/aromatic N) is 1.